The standard InChI is InChI=1S/C19H25FN6O3S/c1-21-17-10-16(22-18(23-17)12-25(4)30(28,29)24(2)3)13-9-19(27)26(11-13)15-7-5-14(20)6-8-15/h5-8,10,13H,9,11-12H2,1-4H3,(H,21,22,23)/t13-/m0/s1. The number of anilines is 2. The van der Waals surface area contributed by atoms with E-state index in [0.29, 0.717) is 29.6 Å². The van der Waals surface area contributed by atoms with Gasteiger partial charge in [-0.3, -0.25) is 4.79 Å². The molecule has 1 N–H and O–H groups in total. The van der Waals surface area contributed by atoms with Crippen LogP contribution in [0.3, 0.4) is 0 Å². The fourth-order valence-electron chi connectivity index (χ4n) is 3.26. The van der Waals surface area contributed by atoms with Crippen LogP contribution >= 0.6 is 0 Å². The molecule has 11 heteroatoms. The summed E-state index contributed by atoms with van der Waals surface area (Å²) in [7, 11) is 2.47. The molecule has 1 saturated heterocycles. The summed E-state index contributed by atoms with van der Waals surface area (Å²) < 4.78 is 40.1. The quantitative estimate of drug-likeness (QED) is 0.705. The second-order valence-electron chi connectivity index (χ2n) is 7.27. The number of carbonyl (C=O) groups is 1. The minimum atomic E-state index is -3.61. The molecule has 1 aromatic heterocycles. The first-order valence-electron chi connectivity index (χ1n) is 9.37. The molecule has 1 atom stereocenters. The Bertz CT molecular complexity index is 1030. The average molecular weight is 437 g/mol. The molecule has 0 bridgehead atoms. The van der Waals surface area contributed by atoms with Crippen LogP contribution in [0.5, 0.6) is 0 Å². The van der Waals surface area contributed by atoms with Gasteiger partial charge in [0.05, 0.1) is 12.2 Å². The van der Waals surface area contributed by atoms with Crippen LogP contribution in [-0.2, 0) is 21.5 Å². The number of benzene rings is 1. The third kappa shape index (κ3) is 4.58. The maximum atomic E-state index is 13.2. The lowest BCUT2D eigenvalue weighted by molar-refractivity contribution is -0.117. The molecule has 1 aromatic carbocycles. The second-order valence-corrected chi connectivity index (χ2v) is 9.52. The summed E-state index contributed by atoms with van der Waals surface area (Å²) in [6.07, 6.45) is 0.253. The summed E-state index contributed by atoms with van der Waals surface area (Å²) in [6, 6.07) is 7.54. The molecule has 30 heavy (non-hydrogen) atoms. The zero-order valence-corrected chi connectivity index (χ0v) is 18.1. The van der Waals surface area contributed by atoms with E-state index in [-0.39, 0.29) is 30.6 Å². The van der Waals surface area contributed by atoms with Crippen molar-refractivity contribution in [1.29, 1.82) is 0 Å². The first-order chi connectivity index (χ1) is 14.1. The van der Waals surface area contributed by atoms with Gasteiger partial charge in [0, 0.05) is 58.8 Å². The number of carbonyl (C=O) groups excluding carboxylic acids is 1. The van der Waals surface area contributed by atoms with E-state index in [1.165, 1.54) is 33.3 Å². The van der Waals surface area contributed by atoms with E-state index in [9.17, 15) is 17.6 Å². The van der Waals surface area contributed by atoms with E-state index in [2.05, 4.69) is 15.3 Å². The zero-order valence-electron chi connectivity index (χ0n) is 17.3. The highest BCUT2D eigenvalue weighted by molar-refractivity contribution is 7.86. The van der Waals surface area contributed by atoms with E-state index in [1.807, 2.05) is 0 Å². The summed E-state index contributed by atoms with van der Waals surface area (Å²) in [5.74, 6) is 0.242. The number of rotatable bonds is 7. The van der Waals surface area contributed by atoms with Crippen LogP contribution < -0.4 is 10.2 Å². The Balaban J connectivity index is 1.85. The monoisotopic (exact) mass is 436 g/mol. The van der Waals surface area contributed by atoms with Crippen molar-refractivity contribution < 1.29 is 17.6 Å². The van der Waals surface area contributed by atoms with E-state index < -0.39 is 10.2 Å². The van der Waals surface area contributed by atoms with Gasteiger partial charge in [0.15, 0.2) is 0 Å². The van der Waals surface area contributed by atoms with E-state index in [4.69, 9.17) is 0 Å². The van der Waals surface area contributed by atoms with Gasteiger partial charge in [0.25, 0.3) is 10.2 Å². The second kappa shape index (κ2) is 8.62. The highest BCUT2D eigenvalue weighted by atomic mass is 32.2. The molecule has 162 valence electrons. The van der Waals surface area contributed by atoms with Gasteiger partial charge in [0.2, 0.25) is 5.91 Å². The Labute approximate surface area is 175 Å². The highest BCUT2D eigenvalue weighted by Crippen LogP contribution is 2.32. The molecule has 1 aliphatic heterocycles. The minimum Gasteiger partial charge on any atom is -0.373 e. The van der Waals surface area contributed by atoms with Gasteiger partial charge in [-0.2, -0.15) is 17.0 Å². The summed E-state index contributed by atoms with van der Waals surface area (Å²) in [5.41, 5.74) is 1.28. The van der Waals surface area contributed by atoms with Crippen molar-refractivity contribution in [3.05, 3.63) is 47.7 Å². The third-order valence-corrected chi connectivity index (χ3v) is 6.79. The van der Waals surface area contributed by atoms with Crippen molar-refractivity contribution in [3.63, 3.8) is 0 Å². The SMILES string of the molecule is CNc1cc([C@H]2CC(=O)N(c3ccc(F)cc3)C2)nc(CN(C)S(=O)(=O)N(C)C)n1. The molecule has 1 aliphatic rings. The van der Waals surface area contributed by atoms with Crippen molar-refractivity contribution in [1.82, 2.24) is 18.6 Å². The number of halogens is 1. The van der Waals surface area contributed by atoms with Gasteiger partial charge in [-0.25, -0.2) is 14.4 Å². The maximum absolute atomic E-state index is 13.2. The van der Waals surface area contributed by atoms with Gasteiger partial charge >= 0.3 is 0 Å². The van der Waals surface area contributed by atoms with Crippen LogP contribution in [0.4, 0.5) is 15.9 Å². The number of amides is 1. The number of hydrogen-bond acceptors (Lipinski definition) is 6. The molecule has 2 heterocycles. The van der Waals surface area contributed by atoms with Crippen LogP contribution in [-0.4, -0.2) is 67.6 Å². The molecule has 0 unspecified atom stereocenters. The van der Waals surface area contributed by atoms with Crippen LogP contribution in [0.2, 0.25) is 0 Å². The summed E-state index contributed by atoms with van der Waals surface area (Å²) in [5, 5.41) is 2.96. The molecule has 0 aliphatic carbocycles. The molecule has 0 saturated carbocycles. The first-order valence-corrected chi connectivity index (χ1v) is 10.8. The van der Waals surface area contributed by atoms with E-state index in [0.717, 1.165) is 8.61 Å². The Kier molecular flexibility index (Phi) is 6.34. The lowest BCUT2D eigenvalue weighted by Crippen LogP contribution is -2.37. The van der Waals surface area contributed by atoms with Crippen LogP contribution in [0.15, 0.2) is 30.3 Å². The molecule has 0 spiro atoms. The first kappa shape index (κ1) is 22.1. The fraction of sp³-hybridized carbons (Fsp3) is 0.421. The highest BCUT2D eigenvalue weighted by Gasteiger charge is 2.33. The van der Waals surface area contributed by atoms with Crippen LogP contribution in [0, 0.1) is 5.82 Å². The Morgan fingerprint density at radius 2 is 1.87 bits per heavy atom. The van der Waals surface area contributed by atoms with Crippen molar-refractivity contribution in [2.45, 2.75) is 18.9 Å². The maximum Gasteiger partial charge on any atom is 0.281 e. The zero-order chi connectivity index (χ0) is 22.1. The smallest absolute Gasteiger partial charge is 0.281 e. The van der Waals surface area contributed by atoms with Crippen LogP contribution in [0.25, 0.3) is 0 Å². The lowest BCUT2D eigenvalue weighted by atomic mass is 10.0. The average Bonchev–Trinajstić information content (AvgIpc) is 3.09. The molecule has 1 fully saturated rings. The molecule has 2 aromatic rings. The van der Waals surface area contributed by atoms with E-state index >= 15 is 0 Å². The topological polar surface area (TPSA) is 98.7 Å². The largest absolute Gasteiger partial charge is 0.373 e. The summed E-state index contributed by atoms with van der Waals surface area (Å²) in [4.78, 5) is 23.0. The number of aromatic nitrogens is 2. The molecule has 9 nitrogen and oxygen atoms in total. The minimum absolute atomic E-state index is 0.00856. The fourth-order valence-corrected chi connectivity index (χ4v) is 4.10. The predicted octanol–water partition coefficient (Wildman–Crippen LogP) is 1.42. The third-order valence-electron chi connectivity index (χ3n) is 4.95. The summed E-state index contributed by atoms with van der Waals surface area (Å²) in [6.45, 7) is 0.390. The molecular weight excluding hydrogens is 411 g/mol. The van der Waals surface area contributed by atoms with E-state index in [1.54, 1.807) is 30.1 Å². The number of nitrogens with one attached hydrogen (secondary N) is 1. The molecule has 0 radical (unpaired) electrons. The van der Waals surface area contributed by atoms with Crippen LogP contribution in [0.1, 0.15) is 23.9 Å². The van der Waals surface area contributed by atoms with Gasteiger partial charge in [-0.1, -0.05) is 0 Å². The molecular formula is C19H25FN6O3S. The van der Waals surface area contributed by atoms with Crippen molar-refractivity contribution in [3.8, 4) is 0 Å². The predicted molar refractivity (Wildman–Crippen MR) is 112 cm³/mol. The number of hydrogen-bond donors (Lipinski definition) is 1. The van der Waals surface area contributed by atoms with Gasteiger partial charge in [-0.05, 0) is 24.3 Å². The van der Waals surface area contributed by atoms with Gasteiger partial charge in [0.1, 0.15) is 17.5 Å². The van der Waals surface area contributed by atoms with Crippen molar-refractivity contribution in [2.75, 3.05) is 45.0 Å². The molecule has 1 amide bonds. The lowest BCUT2D eigenvalue weighted by Gasteiger charge is -2.21. The van der Waals surface area contributed by atoms with Gasteiger partial charge in [-0.15, -0.1) is 0 Å². The Morgan fingerprint density at radius 3 is 2.47 bits per heavy atom. The Hall–Kier alpha value is -2.63. The van der Waals surface area contributed by atoms with Crippen molar-refractivity contribution >= 4 is 27.6 Å². The van der Waals surface area contributed by atoms with Crippen molar-refractivity contribution in [2.24, 2.45) is 0 Å². The number of nitrogens with zero attached hydrogens (tertiary/aromatic N) is 5. The molecule has 3 rings (SSSR count). The summed E-state index contributed by atoms with van der Waals surface area (Å²) >= 11 is 0. The normalized spacial score (nSPS) is 17.2. The van der Waals surface area contributed by atoms with Gasteiger partial charge < -0.3 is 10.2 Å². The Morgan fingerprint density at radius 1 is 1.20 bits per heavy atom.